The van der Waals surface area contributed by atoms with Crippen LogP contribution in [-0.4, -0.2) is 15.9 Å². The normalized spacial score (nSPS) is 15.9. The lowest BCUT2D eigenvalue weighted by Gasteiger charge is -2.31. The molecule has 0 unspecified atom stereocenters. The molecule has 2 aromatic rings. The molecule has 3 rings (SSSR count). The summed E-state index contributed by atoms with van der Waals surface area (Å²) in [6, 6.07) is 9.22. The minimum Gasteiger partial charge on any atom is -0.291 e. The van der Waals surface area contributed by atoms with Crippen molar-refractivity contribution in [3.05, 3.63) is 41.7 Å². The van der Waals surface area contributed by atoms with Crippen molar-refractivity contribution in [3.8, 4) is 0 Å². The van der Waals surface area contributed by atoms with Gasteiger partial charge in [-0.3, -0.25) is 9.88 Å². The first-order valence-electron chi connectivity index (χ1n) is 5.85. The highest BCUT2D eigenvalue weighted by molar-refractivity contribution is 5.88. The monoisotopic (exact) mass is 212 g/mol. The third-order valence-electron chi connectivity index (χ3n) is 3.41. The number of pyridine rings is 1. The van der Waals surface area contributed by atoms with Gasteiger partial charge in [-0.2, -0.15) is 0 Å². The van der Waals surface area contributed by atoms with E-state index in [1.165, 1.54) is 22.0 Å². The van der Waals surface area contributed by atoms with E-state index in [2.05, 4.69) is 48.0 Å². The van der Waals surface area contributed by atoms with Crippen molar-refractivity contribution in [3.63, 3.8) is 0 Å². The summed E-state index contributed by atoms with van der Waals surface area (Å²) in [4.78, 5) is 6.99. The molecule has 2 nitrogen and oxygen atoms in total. The van der Waals surface area contributed by atoms with Crippen molar-refractivity contribution in [2.75, 3.05) is 0 Å². The average Bonchev–Trinajstić information content (AvgIpc) is 2.29. The van der Waals surface area contributed by atoms with Crippen LogP contribution in [0.2, 0.25) is 0 Å². The van der Waals surface area contributed by atoms with Crippen LogP contribution >= 0.6 is 0 Å². The molecular weight excluding hydrogens is 196 g/mol. The van der Waals surface area contributed by atoms with E-state index in [0.29, 0.717) is 6.04 Å². The maximum atomic E-state index is 4.53. The van der Waals surface area contributed by atoms with Gasteiger partial charge in [-0.25, -0.2) is 0 Å². The molecule has 2 heteroatoms. The van der Waals surface area contributed by atoms with Gasteiger partial charge in [-0.1, -0.05) is 18.2 Å². The van der Waals surface area contributed by atoms with Gasteiger partial charge in [0.2, 0.25) is 0 Å². The molecule has 0 radical (unpaired) electrons. The predicted octanol–water partition coefficient (Wildman–Crippen LogP) is 2.96. The number of rotatable bonds is 1. The third kappa shape index (κ3) is 1.41. The molecule has 82 valence electrons. The lowest BCUT2D eigenvalue weighted by atomic mass is 9.98. The number of aromatic nitrogens is 1. The van der Waals surface area contributed by atoms with Gasteiger partial charge < -0.3 is 0 Å². The van der Waals surface area contributed by atoms with E-state index in [4.69, 9.17) is 0 Å². The zero-order valence-corrected chi connectivity index (χ0v) is 9.77. The van der Waals surface area contributed by atoms with Crippen LogP contribution in [0.4, 0.5) is 0 Å². The Balaban J connectivity index is 2.20. The van der Waals surface area contributed by atoms with Crippen molar-refractivity contribution in [1.82, 2.24) is 9.88 Å². The number of hydrogen-bond acceptors (Lipinski definition) is 2. The lowest BCUT2D eigenvalue weighted by molar-refractivity contribution is 0.197. The Kier molecular flexibility index (Phi) is 2.18. The van der Waals surface area contributed by atoms with Crippen LogP contribution in [0, 0.1) is 0 Å². The maximum absolute atomic E-state index is 4.53. The highest BCUT2D eigenvalue weighted by atomic mass is 15.2. The van der Waals surface area contributed by atoms with E-state index in [-0.39, 0.29) is 0 Å². The molecule has 16 heavy (non-hydrogen) atoms. The van der Waals surface area contributed by atoms with Crippen molar-refractivity contribution in [1.29, 1.82) is 0 Å². The fourth-order valence-electron chi connectivity index (χ4n) is 2.47. The molecule has 2 heterocycles. The van der Waals surface area contributed by atoms with E-state index in [1.807, 2.05) is 6.20 Å². The highest BCUT2D eigenvalue weighted by Gasteiger charge is 2.20. The van der Waals surface area contributed by atoms with Crippen LogP contribution in [0.5, 0.6) is 0 Å². The summed E-state index contributed by atoms with van der Waals surface area (Å²) in [5, 5.41) is 2.70. The van der Waals surface area contributed by atoms with E-state index >= 15 is 0 Å². The SMILES string of the molecule is CC(C)N1Cc2cccc3ccnc(c23)C1. The topological polar surface area (TPSA) is 16.1 Å². The molecule has 0 atom stereocenters. The van der Waals surface area contributed by atoms with Gasteiger partial charge in [-0.05, 0) is 30.9 Å². The summed E-state index contributed by atoms with van der Waals surface area (Å²) < 4.78 is 0. The number of benzene rings is 1. The molecule has 1 aromatic carbocycles. The van der Waals surface area contributed by atoms with Gasteiger partial charge in [0.25, 0.3) is 0 Å². The Morgan fingerprint density at radius 2 is 2.06 bits per heavy atom. The third-order valence-corrected chi connectivity index (χ3v) is 3.41. The molecule has 0 saturated carbocycles. The van der Waals surface area contributed by atoms with E-state index in [0.717, 1.165) is 13.1 Å². The standard InChI is InChI=1S/C14H16N2/c1-10(2)16-8-12-5-3-4-11-6-7-15-13(9-16)14(11)12/h3-7,10H,8-9H2,1-2H3. The maximum Gasteiger partial charge on any atom is 0.0625 e. The van der Waals surface area contributed by atoms with Crippen LogP contribution < -0.4 is 0 Å². The minimum atomic E-state index is 0.574. The molecule has 0 bridgehead atoms. The molecule has 1 aromatic heterocycles. The van der Waals surface area contributed by atoms with Gasteiger partial charge in [0, 0.05) is 30.7 Å². The first-order chi connectivity index (χ1) is 7.75. The quantitative estimate of drug-likeness (QED) is 0.722. The average molecular weight is 212 g/mol. The van der Waals surface area contributed by atoms with Gasteiger partial charge >= 0.3 is 0 Å². The van der Waals surface area contributed by atoms with Crippen molar-refractivity contribution >= 4 is 10.8 Å². The summed E-state index contributed by atoms with van der Waals surface area (Å²) in [6.07, 6.45) is 1.92. The summed E-state index contributed by atoms with van der Waals surface area (Å²) in [5.74, 6) is 0. The van der Waals surface area contributed by atoms with E-state index in [9.17, 15) is 0 Å². The summed E-state index contributed by atoms with van der Waals surface area (Å²) in [5.41, 5.74) is 2.65. The molecular formula is C14H16N2. The fourth-order valence-corrected chi connectivity index (χ4v) is 2.47. The first kappa shape index (κ1) is 9.79. The van der Waals surface area contributed by atoms with Crippen LogP contribution in [-0.2, 0) is 13.1 Å². The second-order valence-corrected chi connectivity index (χ2v) is 4.77. The second kappa shape index (κ2) is 3.56. The molecule has 0 amide bonds. The minimum absolute atomic E-state index is 0.574. The molecule has 0 aliphatic carbocycles. The Morgan fingerprint density at radius 3 is 2.88 bits per heavy atom. The first-order valence-corrected chi connectivity index (χ1v) is 5.85. The molecule has 0 spiro atoms. The molecule has 0 fully saturated rings. The summed E-state index contributed by atoms with van der Waals surface area (Å²) in [6.45, 7) is 6.52. The molecule has 0 N–H and O–H groups in total. The van der Waals surface area contributed by atoms with Gasteiger partial charge in [0.05, 0.1) is 5.69 Å². The Bertz CT molecular complexity index is 490. The Morgan fingerprint density at radius 1 is 1.19 bits per heavy atom. The van der Waals surface area contributed by atoms with Gasteiger partial charge in [0.1, 0.15) is 0 Å². The summed E-state index contributed by atoms with van der Waals surface area (Å²) >= 11 is 0. The van der Waals surface area contributed by atoms with Gasteiger partial charge in [0.15, 0.2) is 0 Å². The van der Waals surface area contributed by atoms with Crippen LogP contribution in [0.25, 0.3) is 10.8 Å². The summed E-state index contributed by atoms with van der Waals surface area (Å²) in [7, 11) is 0. The lowest BCUT2D eigenvalue weighted by Crippen LogP contribution is -2.32. The van der Waals surface area contributed by atoms with E-state index < -0.39 is 0 Å². The smallest absolute Gasteiger partial charge is 0.0625 e. The highest BCUT2D eigenvalue weighted by Crippen LogP contribution is 2.29. The number of nitrogens with zero attached hydrogens (tertiary/aromatic N) is 2. The van der Waals surface area contributed by atoms with E-state index in [1.54, 1.807) is 0 Å². The fraction of sp³-hybridized carbons (Fsp3) is 0.357. The molecule has 1 aliphatic rings. The van der Waals surface area contributed by atoms with Crippen LogP contribution in [0.1, 0.15) is 25.1 Å². The Hall–Kier alpha value is -1.41. The zero-order valence-electron chi connectivity index (χ0n) is 9.77. The zero-order chi connectivity index (χ0) is 11.1. The van der Waals surface area contributed by atoms with Crippen LogP contribution in [0.15, 0.2) is 30.5 Å². The van der Waals surface area contributed by atoms with Crippen molar-refractivity contribution in [2.45, 2.75) is 33.0 Å². The van der Waals surface area contributed by atoms with Crippen molar-refractivity contribution in [2.24, 2.45) is 0 Å². The molecule has 1 aliphatic heterocycles. The number of hydrogen-bond donors (Lipinski definition) is 0. The largest absolute Gasteiger partial charge is 0.291 e. The Labute approximate surface area is 95.9 Å². The second-order valence-electron chi connectivity index (χ2n) is 4.77. The predicted molar refractivity (Wildman–Crippen MR) is 66.1 cm³/mol. The van der Waals surface area contributed by atoms with Crippen molar-refractivity contribution < 1.29 is 0 Å². The van der Waals surface area contributed by atoms with Crippen LogP contribution in [0.3, 0.4) is 0 Å². The van der Waals surface area contributed by atoms with Gasteiger partial charge in [-0.15, -0.1) is 0 Å². The molecule has 0 saturated heterocycles.